The van der Waals surface area contributed by atoms with Crippen molar-refractivity contribution in [3.63, 3.8) is 0 Å². The maximum atomic E-state index is 11.7. The number of fused-ring (bicyclic) bond motifs is 2. The first-order valence-electron chi connectivity index (χ1n) is 8.29. The number of hydrogen-bond donors (Lipinski definition) is 2. The van der Waals surface area contributed by atoms with Crippen LogP contribution in [0.5, 0.6) is 0 Å². The molecule has 148 valence electrons. The lowest BCUT2D eigenvalue weighted by molar-refractivity contribution is 0.425. The van der Waals surface area contributed by atoms with Gasteiger partial charge in [-0.1, -0.05) is 59.5 Å². The van der Waals surface area contributed by atoms with Gasteiger partial charge in [-0.3, -0.25) is 0 Å². The van der Waals surface area contributed by atoms with Gasteiger partial charge in [-0.25, -0.2) is 23.6 Å². The number of nitrogen functional groups attached to an aromatic ring is 1. The van der Waals surface area contributed by atoms with Gasteiger partial charge in [0, 0.05) is 0 Å². The zero-order valence-electron chi connectivity index (χ0n) is 14.5. The fraction of sp³-hybridized carbons (Fsp3) is 0.125. The van der Waals surface area contributed by atoms with E-state index < -0.39 is 10.0 Å². The van der Waals surface area contributed by atoms with Crippen LogP contribution in [0.3, 0.4) is 0 Å². The maximum Gasteiger partial charge on any atom is 0.264 e. The van der Waals surface area contributed by atoms with Gasteiger partial charge >= 0.3 is 0 Å². The Balaban J connectivity index is 1.55. The number of aromatic nitrogens is 2. The molecule has 2 aliphatic rings. The summed E-state index contributed by atoms with van der Waals surface area (Å²) in [6, 6.07) is 14.0. The fourth-order valence-corrected chi connectivity index (χ4v) is 6.71. The normalized spacial score (nSPS) is 21.3. The number of aliphatic imine (C=N–C) groups is 1. The third kappa shape index (κ3) is 3.48. The molecule has 29 heavy (non-hydrogen) atoms. The first-order chi connectivity index (χ1) is 13.9. The van der Waals surface area contributed by atoms with Crippen molar-refractivity contribution in [3.8, 4) is 0 Å². The number of thioether (sulfide) groups is 2. The number of primary sulfonamides is 1. The summed E-state index contributed by atoms with van der Waals surface area (Å²) < 4.78 is 23.9. The fourth-order valence-electron chi connectivity index (χ4n) is 3.08. The molecule has 4 N–H and O–H groups in total. The number of benzene rings is 2. The van der Waals surface area contributed by atoms with Crippen molar-refractivity contribution >= 4 is 70.3 Å². The SMILES string of the molecule is Nc1nnc(SC2C(c3ccc4ccccc4c3)N=C3SC(S(N)(=O)=O)=NN32)s1. The highest BCUT2D eigenvalue weighted by Gasteiger charge is 2.45. The Hall–Kier alpha value is -2.19. The lowest BCUT2D eigenvalue weighted by Crippen LogP contribution is -2.27. The number of rotatable bonds is 3. The highest BCUT2D eigenvalue weighted by Crippen LogP contribution is 2.46. The molecule has 0 fully saturated rings. The lowest BCUT2D eigenvalue weighted by atomic mass is 10.0. The summed E-state index contributed by atoms with van der Waals surface area (Å²) in [4.78, 5) is 4.75. The van der Waals surface area contributed by atoms with Crippen LogP contribution in [-0.2, 0) is 10.0 Å². The van der Waals surface area contributed by atoms with Gasteiger partial charge in [-0.15, -0.1) is 15.3 Å². The van der Waals surface area contributed by atoms with Gasteiger partial charge in [0.25, 0.3) is 10.0 Å². The summed E-state index contributed by atoms with van der Waals surface area (Å²) in [5, 5.41) is 21.7. The molecule has 0 aliphatic carbocycles. The summed E-state index contributed by atoms with van der Waals surface area (Å²) in [6.45, 7) is 0. The summed E-state index contributed by atoms with van der Waals surface area (Å²) >= 11 is 3.60. The summed E-state index contributed by atoms with van der Waals surface area (Å²) in [7, 11) is -3.91. The molecule has 2 aromatic carbocycles. The molecule has 2 aliphatic heterocycles. The quantitative estimate of drug-likeness (QED) is 0.603. The van der Waals surface area contributed by atoms with Crippen LogP contribution in [0.2, 0.25) is 0 Å². The van der Waals surface area contributed by atoms with Crippen molar-refractivity contribution in [3.05, 3.63) is 48.0 Å². The molecule has 5 rings (SSSR count). The Kier molecular flexibility index (Phi) is 4.51. The van der Waals surface area contributed by atoms with E-state index in [2.05, 4.69) is 21.4 Å². The molecule has 13 heteroatoms. The first kappa shape index (κ1) is 18.8. The molecule has 0 saturated carbocycles. The molecular weight excluding hydrogens is 450 g/mol. The number of hydrogen-bond acceptors (Lipinski definition) is 11. The number of nitrogens with two attached hydrogens (primary N) is 2. The van der Waals surface area contributed by atoms with Crippen molar-refractivity contribution < 1.29 is 8.42 Å². The lowest BCUT2D eigenvalue weighted by Gasteiger charge is -2.22. The van der Waals surface area contributed by atoms with E-state index in [-0.39, 0.29) is 15.8 Å². The van der Waals surface area contributed by atoms with Gasteiger partial charge in [-0.2, -0.15) is 0 Å². The average Bonchev–Trinajstić information content (AvgIpc) is 3.37. The largest absolute Gasteiger partial charge is 0.374 e. The Morgan fingerprint density at radius 1 is 1.10 bits per heavy atom. The predicted molar refractivity (Wildman–Crippen MR) is 118 cm³/mol. The molecule has 3 heterocycles. The van der Waals surface area contributed by atoms with Crippen LogP contribution < -0.4 is 10.9 Å². The second-order valence-electron chi connectivity index (χ2n) is 6.24. The summed E-state index contributed by atoms with van der Waals surface area (Å²) in [6.07, 6.45) is 0. The molecule has 0 bridgehead atoms. The van der Waals surface area contributed by atoms with Crippen LogP contribution in [-0.4, -0.2) is 38.5 Å². The van der Waals surface area contributed by atoms with E-state index in [0.717, 1.165) is 28.1 Å². The summed E-state index contributed by atoms with van der Waals surface area (Å²) in [5.41, 5.74) is 6.70. The minimum absolute atomic E-state index is 0.171. The number of amidine groups is 1. The van der Waals surface area contributed by atoms with Gasteiger partial charge in [0.15, 0.2) is 9.51 Å². The molecule has 9 nitrogen and oxygen atoms in total. The summed E-state index contributed by atoms with van der Waals surface area (Å²) in [5.74, 6) is 0. The van der Waals surface area contributed by atoms with Gasteiger partial charge in [0.05, 0.1) is 0 Å². The molecule has 2 unspecified atom stereocenters. The van der Waals surface area contributed by atoms with Crippen LogP contribution in [0.4, 0.5) is 5.13 Å². The standard InChI is InChI=1S/C16H13N7O2S4/c17-13-20-21-15(27-13)26-12-11(10-6-5-8-3-1-2-4-9(8)7-10)19-14-23(12)22-16(28-14)29(18,24)25/h1-7,11-12H,(H2,17,20)(H2,18,24,25). The van der Waals surface area contributed by atoms with E-state index >= 15 is 0 Å². The zero-order chi connectivity index (χ0) is 20.2. The molecule has 2 atom stereocenters. The van der Waals surface area contributed by atoms with E-state index in [1.807, 2.05) is 36.4 Å². The Morgan fingerprint density at radius 2 is 1.90 bits per heavy atom. The van der Waals surface area contributed by atoms with Crippen LogP contribution in [0.15, 0.2) is 56.9 Å². The van der Waals surface area contributed by atoms with Crippen LogP contribution in [0, 0.1) is 0 Å². The second kappa shape index (κ2) is 6.95. The van der Waals surface area contributed by atoms with E-state index in [1.165, 1.54) is 23.1 Å². The zero-order valence-corrected chi connectivity index (χ0v) is 17.8. The molecule has 3 aromatic rings. The van der Waals surface area contributed by atoms with Crippen molar-refractivity contribution in [1.29, 1.82) is 0 Å². The maximum absolute atomic E-state index is 11.7. The van der Waals surface area contributed by atoms with E-state index in [9.17, 15) is 8.42 Å². The monoisotopic (exact) mass is 463 g/mol. The van der Waals surface area contributed by atoms with Gasteiger partial charge in [-0.05, 0) is 34.2 Å². The molecule has 0 saturated heterocycles. The number of hydrazone groups is 1. The number of anilines is 1. The second-order valence-corrected chi connectivity index (χ2v) is 11.3. The van der Waals surface area contributed by atoms with Crippen LogP contribution in [0.1, 0.15) is 11.6 Å². The topological polar surface area (TPSA) is 140 Å². The smallest absolute Gasteiger partial charge is 0.264 e. The third-order valence-corrected chi connectivity index (χ3v) is 8.64. The molecule has 0 amide bonds. The number of sulfonamides is 1. The third-order valence-electron chi connectivity index (χ3n) is 4.33. The van der Waals surface area contributed by atoms with Gasteiger partial charge in [0.1, 0.15) is 11.4 Å². The van der Waals surface area contributed by atoms with Gasteiger partial charge in [0.2, 0.25) is 9.51 Å². The van der Waals surface area contributed by atoms with Crippen molar-refractivity contribution in [2.45, 2.75) is 15.8 Å². The molecule has 0 radical (unpaired) electrons. The minimum atomic E-state index is -3.91. The predicted octanol–water partition coefficient (Wildman–Crippen LogP) is 2.41. The van der Waals surface area contributed by atoms with Crippen LogP contribution >= 0.6 is 34.9 Å². The Morgan fingerprint density at radius 3 is 2.62 bits per heavy atom. The number of nitrogens with zero attached hydrogens (tertiary/aromatic N) is 5. The van der Waals surface area contributed by atoms with E-state index in [1.54, 1.807) is 5.01 Å². The first-order valence-corrected chi connectivity index (χ1v) is 12.3. The van der Waals surface area contributed by atoms with E-state index in [4.69, 9.17) is 15.9 Å². The average molecular weight is 464 g/mol. The highest BCUT2D eigenvalue weighted by molar-refractivity contribution is 8.42. The Labute approximate surface area is 178 Å². The van der Waals surface area contributed by atoms with Crippen molar-refractivity contribution in [2.24, 2.45) is 15.2 Å². The van der Waals surface area contributed by atoms with Gasteiger partial charge < -0.3 is 5.73 Å². The van der Waals surface area contributed by atoms with Crippen molar-refractivity contribution in [2.75, 3.05) is 5.73 Å². The molecular formula is C16H13N7O2S4. The minimum Gasteiger partial charge on any atom is -0.374 e. The Bertz CT molecular complexity index is 1290. The van der Waals surface area contributed by atoms with E-state index in [0.29, 0.717) is 14.6 Å². The molecule has 0 spiro atoms. The highest BCUT2D eigenvalue weighted by atomic mass is 32.3. The molecule has 1 aromatic heterocycles. The van der Waals surface area contributed by atoms with Crippen molar-refractivity contribution in [1.82, 2.24) is 15.2 Å². The van der Waals surface area contributed by atoms with Crippen LogP contribution in [0.25, 0.3) is 10.8 Å².